The zero-order chi connectivity index (χ0) is 15.4. The Morgan fingerprint density at radius 3 is 2.24 bits per heavy atom. The zero-order valence-corrected chi connectivity index (χ0v) is 11.1. The average Bonchev–Trinajstić information content (AvgIpc) is 2.47. The summed E-state index contributed by atoms with van der Waals surface area (Å²) < 4.78 is 0. The molecule has 0 heterocycles. The van der Waals surface area contributed by atoms with Crippen LogP contribution in [0, 0.1) is 0 Å². The molecule has 0 spiro atoms. The molecule has 21 heavy (non-hydrogen) atoms. The van der Waals surface area contributed by atoms with Gasteiger partial charge in [0.25, 0.3) is 0 Å². The number of rotatable bonds is 5. The largest absolute Gasteiger partial charge is 0.478 e. The van der Waals surface area contributed by atoms with Gasteiger partial charge in [0.15, 0.2) is 5.78 Å². The first-order chi connectivity index (χ1) is 9.99. The van der Waals surface area contributed by atoms with Gasteiger partial charge in [0.2, 0.25) is 5.91 Å². The Hall–Kier alpha value is -2.95. The van der Waals surface area contributed by atoms with E-state index in [2.05, 4.69) is 0 Å². The van der Waals surface area contributed by atoms with E-state index in [0.717, 1.165) is 0 Å². The molecule has 0 saturated heterocycles. The maximum Gasteiger partial charge on any atom is 0.336 e. The van der Waals surface area contributed by atoms with Gasteiger partial charge in [-0.15, -0.1) is 0 Å². The van der Waals surface area contributed by atoms with Crippen molar-refractivity contribution in [3.8, 4) is 0 Å². The van der Waals surface area contributed by atoms with Crippen molar-refractivity contribution in [2.75, 3.05) is 0 Å². The van der Waals surface area contributed by atoms with Crippen LogP contribution in [0.4, 0.5) is 0 Å². The van der Waals surface area contributed by atoms with E-state index in [1.165, 1.54) is 18.2 Å². The number of primary amides is 1. The maximum atomic E-state index is 12.2. The van der Waals surface area contributed by atoms with Crippen LogP contribution < -0.4 is 5.73 Å². The summed E-state index contributed by atoms with van der Waals surface area (Å²) in [4.78, 5) is 34.5. The normalized spacial score (nSPS) is 10.1. The van der Waals surface area contributed by atoms with Crippen LogP contribution in [0.15, 0.2) is 48.5 Å². The van der Waals surface area contributed by atoms with Gasteiger partial charge < -0.3 is 10.8 Å². The van der Waals surface area contributed by atoms with Crippen molar-refractivity contribution in [1.82, 2.24) is 0 Å². The Bertz CT molecular complexity index is 722. The van der Waals surface area contributed by atoms with E-state index in [1.807, 2.05) is 0 Å². The summed E-state index contributed by atoms with van der Waals surface area (Å²) >= 11 is 0. The molecule has 0 saturated carbocycles. The number of nitrogens with two attached hydrogens (primary N) is 1. The van der Waals surface area contributed by atoms with Crippen LogP contribution in [0.25, 0.3) is 0 Å². The number of hydrogen-bond donors (Lipinski definition) is 2. The molecular weight excluding hydrogens is 270 g/mol. The number of amides is 1. The van der Waals surface area contributed by atoms with E-state index < -0.39 is 11.9 Å². The lowest BCUT2D eigenvalue weighted by molar-refractivity contribution is 0.0691. The Labute approximate surface area is 121 Å². The van der Waals surface area contributed by atoms with Gasteiger partial charge in [-0.1, -0.05) is 30.3 Å². The third kappa shape index (κ3) is 3.33. The third-order valence-electron chi connectivity index (χ3n) is 3.03. The number of benzene rings is 2. The van der Waals surface area contributed by atoms with Crippen LogP contribution in [0.2, 0.25) is 0 Å². The highest BCUT2D eigenvalue weighted by molar-refractivity contribution is 6.06. The van der Waals surface area contributed by atoms with Crippen molar-refractivity contribution in [2.45, 2.75) is 6.42 Å². The van der Waals surface area contributed by atoms with E-state index >= 15 is 0 Å². The Morgan fingerprint density at radius 2 is 1.62 bits per heavy atom. The van der Waals surface area contributed by atoms with Gasteiger partial charge in [-0.05, 0) is 23.8 Å². The summed E-state index contributed by atoms with van der Waals surface area (Å²) in [5.74, 6) is -2.05. The van der Waals surface area contributed by atoms with Crippen molar-refractivity contribution in [2.24, 2.45) is 5.73 Å². The molecule has 0 aliphatic heterocycles. The van der Waals surface area contributed by atoms with Crippen molar-refractivity contribution in [3.05, 3.63) is 70.8 Å². The monoisotopic (exact) mass is 283 g/mol. The second kappa shape index (κ2) is 6.00. The second-order valence-corrected chi connectivity index (χ2v) is 4.52. The first kappa shape index (κ1) is 14.5. The van der Waals surface area contributed by atoms with Crippen LogP contribution in [-0.2, 0) is 6.42 Å². The molecule has 0 radical (unpaired) electrons. The van der Waals surface area contributed by atoms with E-state index in [9.17, 15) is 14.4 Å². The minimum atomic E-state index is -1.15. The highest BCUT2D eigenvalue weighted by Crippen LogP contribution is 2.14. The predicted octanol–water partition coefficient (Wildman–Crippen LogP) is 1.91. The topological polar surface area (TPSA) is 97.5 Å². The van der Waals surface area contributed by atoms with Crippen LogP contribution in [0.1, 0.15) is 36.6 Å². The Kier molecular flexibility index (Phi) is 4.13. The lowest BCUT2D eigenvalue weighted by Crippen LogP contribution is -2.13. The highest BCUT2D eigenvalue weighted by Gasteiger charge is 2.16. The number of Topliss-reactive ketones (excluding diaryl/α,β-unsaturated/α-hetero) is 1. The molecular formula is C16H13NO4. The first-order valence-electron chi connectivity index (χ1n) is 6.23. The van der Waals surface area contributed by atoms with Crippen molar-refractivity contribution >= 4 is 17.7 Å². The van der Waals surface area contributed by atoms with Crippen molar-refractivity contribution < 1.29 is 19.5 Å². The number of aromatic carboxylic acids is 1. The molecule has 5 nitrogen and oxygen atoms in total. The number of ketones is 1. The molecule has 0 unspecified atom stereocenters. The molecule has 0 fully saturated rings. The summed E-state index contributed by atoms with van der Waals surface area (Å²) in [7, 11) is 0. The minimum Gasteiger partial charge on any atom is -0.478 e. The molecule has 0 aromatic heterocycles. The Morgan fingerprint density at radius 1 is 0.952 bits per heavy atom. The highest BCUT2D eigenvalue weighted by atomic mass is 16.4. The summed E-state index contributed by atoms with van der Waals surface area (Å²) in [6.45, 7) is 0. The van der Waals surface area contributed by atoms with Gasteiger partial charge in [-0.3, -0.25) is 9.59 Å². The molecule has 0 aliphatic rings. The molecule has 0 atom stereocenters. The molecule has 0 bridgehead atoms. The number of carboxylic acids is 1. The fourth-order valence-corrected chi connectivity index (χ4v) is 2.03. The van der Waals surface area contributed by atoms with Gasteiger partial charge in [0, 0.05) is 17.5 Å². The summed E-state index contributed by atoms with van der Waals surface area (Å²) in [6.07, 6.45) is 0.00537. The van der Waals surface area contributed by atoms with Gasteiger partial charge in [0.05, 0.1) is 5.56 Å². The number of carbonyl (C=O) groups is 3. The molecule has 2 aromatic rings. The molecule has 0 aliphatic carbocycles. The smallest absolute Gasteiger partial charge is 0.336 e. The summed E-state index contributed by atoms with van der Waals surface area (Å²) in [6, 6.07) is 12.4. The van der Waals surface area contributed by atoms with E-state index in [4.69, 9.17) is 10.8 Å². The van der Waals surface area contributed by atoms with Crippen LogP contribution in [0.3, 0.4) is 0 Å². The lowest BCUT2D eigenvalue weighted by atomic mass is 9.97. The quantitative estimate of drug-likeness (QED) is 0.819. The van der Waals surface area contributed by atoms with Gasteiger partial charge in [-0.2, -0.15) is 0 Å². The van der Waals surface area contributed by atoms with Gasteiger partial charge in [-0.25, -0.2) is 4.79 Å². The average molecular weight is 283 g/mol. The zero-order valence-electron chi connectivity index (χ0n) is 11.1. The molecule has 5 heteroatoms. The van der Waals surface area contributed by atoms with E-state index in [0.29, 0.717) is 11.1 Å². The SMILES string of the molecule is NC(=O)c1cccc(CC(=O)c2ccccc2C(=O)O)c1. The molecule has 2 rings (SSSR count). The van der Waals surface area contributed by atoms with Crippen molar-refractivity contribution in [3.63, 3.8) is 0 Å². The lowest BCUT2D eigenvalue weighted by Gasteiger charge is -2.06. The number of carbonyl (C=O) groups excluding carboxylic acids is 2. The summed E-state index contributed by atoms with van der Waals surface area (Å²) in [5, 5.41) is 9.08. The molecule has 2 aromatic carbocycles. The predicted molar refractivity (Wildman–Crippen MR) is 76.4 cm³/mol. The van der Waals surface area contributed by atoms with Crippen LogP contribution in [0.5, 0.6) is 0 Å². The van der Waals surface area contributed by atoms with E-state index in [1.54, 1.807) is 30.3 Å². The molecule has 3 N–H and O–H groups in total. The fraction of sp³-hybridized carbons (Fsp3) is 0.0625. The van der Waals surface area contributed by atoms with Crippen LogP contribution >= 0.6 is 0 Å². The number of hydrogen-bond acceptors (Lipinski definition) is 3. The van der Waals surface area contributed by atoms with Gasteiger partial charge in [0.1, 0.15) is 0 Å². The minimum absolute atomic E-state index is 0.00537. The summed E-state index contributed by atoms with van der Waals surface area (Å²) in [5.41, 5.74) is 6.22. The maximum absolute atomic E-state index is 12.2. The standard InChI is InChI=1S/C16H13NO4/c17-15(19)11-5-3-4-10(8-11)9-14(18)12-6-1-2-7-13(12)16(20)21/h1-8H,9H2,(H2,17,19)(H,20,21). The fourth-order valence-electron chi connectivity index (χ4n) is 2.03. The Balaban J connectivity index is 2.28. The van der Waals surface area contributed by atoms with E-state index in [-0.39, 0.29) is 23.3 Å². The first-order valence-corrected chi connectivity index (χ1v) is 6.23. The molecule has 106 valence electrons. The van der Waals surface area contributed by atoms with Crippen molar-refractivity contribution in [1.29, 1.82) is 0 Å². The molecule has 1 amide bonds. The number of carboxylic acid groups (broad SMARTS) is 1. The van der Waals surface area contributed by atoms with Gasteiger partial charge >= 0.3 is 5.97 Å². The van der Waals surface area contributed by atoms with Crippen LogP contribution in [-0.4, -0.2) is 22.8 Å². The third-order valence-corrected chi connectivity index (χ3v) is 3.03. The second-order valence-electron chi connectivity index (χ2n) is 4.52.